The maximum Gasteiger partial charge on any atom is 0.159 e. The van der Waals surface area contributed by atoms with E-state index < -0.39 is 0 Å². The van der Waals surface area contributed by atoms with Gasteiger partial charge in [0, 0.05) is 33.7 Å². The van der Waals surface area contributed by atoms with Gasteiger partial charge < -0.3 is 0 Å². The SMILES string of the molecule is c1ccc(-c2nc3ccc(-c4ccc(-c5ncc6c7ccccc7c7cc8ccccc8cc7c6n5)cc4)cc3nc2-c2ccccc2)cc1. The van der Waals surface area contributed by atoms with Crippen LogP contribution in [0.3, 0.4) is 0 Å². The van der Waals surface area contributed by atoms with E-state index in [1.807, 2.05) is 42.6 Å². The summed E-state index contributed by atoms with van der Waals surface area (Å²) < 4.78 is 0. The van der Waals surface area contributed by atoms with Gasteiger partial charge in [0.05, 0.1) is 27.9 Å². The maximum absolute atomic E-state index is 5.22. The number of benzene rings is 8. The van der Waals surface area contributed by atoms with Gasteiger partial charge in [0.25, 0.3) is 0 Å². The quantitative estimate of drug-likeness (QED) is 0.142. The number of hydrogen-bond donors (Lipinski definition) is 0. The minimum absolute atomic E-state index is 0.708. The van der Waals surface area contributed by atoms with Gasteiger partial charge in [0.15, 0.2) is 5.82 Å². The first-order valence-corrected chi connectivity index (χ1v) is 16.8. The Kier molecular flexibility index (Phi) is 6.46. The fourth-order valence-electron chi connectivity index (χ4n) is 7.18. The molecule has 0 saturated carbocycles. The molecule has 10 aromatic rings. The van der Waals surface area contributed by atoms with E-state index in [-0.39, 0.29) is 0 Å². The molecule has 4 nitrogen and oxygen atoms in total. The molecule has 2 aromatic heterocycles. The van der Waals surface area contributed by atoms with Crippen molar-refractivity contribution >= 4 is 54.3 Å². The van der Waals surface area contributed by atoms with Crippen LogP contribution in [-0.2, 0) is 0 Å². The van der Waals surface area contributed by atoms with E-state index >= 15 is 0 Å². The Morgan fingerprint density at radius 3 is 1.54 bits per heavy atom. The van der Waals surface area contributed by atoms with E-state index in [1.54, 1.807) is 0 Å². The highest BCUT2D eigenvalue weighted by Gasteiger charge is 2.15. The summed E-state index contributed by atoms with van der Waals surface area (Å²) in [6, 6.07) is 57.0. The summed E-state index contributed by atoms with van der Waals surface area (Å²) in [5, 5.41) is 8.21. The highest BCUT2D eigenvalue weighted by atomic mass is 14.9. The fraction of sp³-hybridized carbons (Fsp3) is 0. The van der Waals surface area contributed by atoms with Crippen molar-refractivity contribution in [1.82, 2.24) is 19.9 Å². The maximum atomic E-state index is 5.22. The molecule has 0 bridgehead atoms. The smallest absolute Gasteiger partial charge is 0.159 e. The van der Waals surface area contributed by atoms with Crippen LogP contribution >= 0.6 is 0 Å². The number of rotatable bonds is 4. The molecule has 0 aliphatic rings. The van der Waals surface area contributed by atoms with Crippen molar-refractivity contribution in [2.45, 2.75) is 0 Å². The van der Waals surface area contributed by atoms with Crippen LogP contribution in [0.4, 0.5) is 0 Å². The third-order valence-corrected chi connectivity index (χ3v) is 9.67. The van der Waals surface area contributed by atoms with Gasteiger partial charge >= 0.3 is 0 Å². The van der Waals surface area contributed by atoms with E-state index in [4.69, 9.17) is 19.9 Å². The van der Waals surface area contributed by atoms with E-state index in [2.05, 4.69) is 127 Å². The molecule has 2 heterocycles. The molecule has 8 aromatic carbocycles. The second kappa shape index (κ2) is 11.4. The molecule has 0 N–H and O–H groups in total. The molecule has 0 spiro atoms. The third kappa shape index (κ3) is 4.69. The van der Waals surface area contributed by atoms with Crippen molar-refractivity contribution in [2.75, 3.05) is 0 Å². The molecule has 0 radical (unpaired) electrons. The minimum Gasteiger partial charge on any atom is -0.244 e. The van der Waals surface area contributed by atoms with Crippen molar-refractivity contribution in [1.29, 1.82) is 0 Å². The molecule has 0 atom stereocenters. The van der Waals surface area contributed by atoms with Crippen molar-refractivity contribution in [3.63, 3.8) is 0 Å². The summed E-state index contributed by atoms with van der Waals surface area (Å²) in [5.41, 5.74) is 9.67. The highest BCUT2D eigenvalue weighted by Crippen LogP contribution is 2.37. The standard InChI is InChI=1S/C46H28N4/c1-3-11-30(12-4-1)43-44(31-13-5-2-6-14-31)49-42-27-35(23-24-41(42)48-43)29-19-21-32(22-20-29)46-47-28-40-37-18-10-9-17-36(37)38-25-33-15-7-8-16-34(33)26-39(38)45(40)50-46/h1-28H. The molecule has 0 aliphatic carbocycles. The van der Waals surface area contributed by atoms with Gasteiger partial charge in [-0.1, -0.05) is 140 Å². The van der Waals surface area contributed by atoms with Gasteiger partial charge in [-0.25, -0.2) is 19.9 Å². The Morgan fingerprint density at radius 2 is 0.860 bits per heavy atom. The molecular formula is C46H28N4. The molecule has 4 heteroatoms. The van der Waals surface area contributed by atoms with E-state index in [0.29, 0.717) is 5.82 Å². The zero-order valence-corrected chi connectivity index (χ0v) is 27.0. The second-order valence-corrected chi connectivity index (χ2v) is 12.7. The zero-order chi connectivity index (χ0) is 33.0. The van der Waals surface area contributed by atoms with Crippen molar-refractivity contribution in [2.24, 2.45) is 0 Å². The van der Waals surface area contributed by atoms with E-state index in [9.17, 15) is 0 Å². The number of fused-ring (bicyclic) bond motifs is 8. The number of hydrogen-bond acceptors (Lipinski definition) is 4. The Hall–Kier alpha value is -6.78. The summed E-state index contributed by atoms with van der Waals surface area (Å²) in [6.07, 6.45) is 1.98. The Labute approximate surface area is 288 Å². The zero-order valence-electron chi connectivity index (χ0n) is 27.0. The topological polar surface area (TPSA) is 51.6 Å². The first kappa shape index (κ1) is 28.3. The van der Waals surface area contributed by atoms with Crippen molar-refractivity contribution in [3.8, 4) is 45.0 Å². The van der Waals surface area contributed by atoms with Gasteiger partial charge in [0.2, 0.25) is 0 Å². The van der Waals surface area contributed by atoms with Crippen LogP contribution < -0.4 is 0 Å². The third-order valence-electron chi connectivity index (χ3n) is 9.67. The molecule has 50 heavy (non-hydrogen) atoms. The molecule has 0 fully saturated rings. The Bertz CT molecular complexity index is 2900. The summed E-state index contributed by atoms with van der Waals surface area (Å²) in [7, 11) is 0. The summed E-state index contributed by atoms with van der Waals surface area (Å²) in [4.78, 5) is 20.4. The molecule has 0 saturated heterocycles. The molecule has 232 valence electrons. The van der Waals surface area contributed by atoms with Gasteiger partial charge in [-0.2, -0.15) is 0 Å². The predicted octanol–water partition coefficient (Wildman–Crippen LogP) is 11.7. The summed E-state index contributed by atoms with van der Waals surface area (Å²) >= 11 is 0. The average molecular weight is 637 g/mol. The van der Waals surface area contributed by atoms with Crippen LogP contribution in [0.2, 0.25) is 0 Å². The lowest BCUT2D eigenvalue weighted by Crippen LogP contribution is -1.96. The van der Waals surface area contributed by atoms with Crippen LogP contribution in [0.1, 0.15) is 0 Å². The summed E-state index contributed by atoms with van der Waals surface area (Å²) in [6.45, 7) is 0. The Balaban J connectivity index is 1.06. The number of aromatic nitrogens is 4. The van der Waals surface area contributed by atoms with Gasteiger partial charge in [-0.15, -0.1) is 0 Å². The van der Waals surface area contributed by atoms with Crippen molar-refractivity contribution in [3.05, 3.63) is 170 Å². The molecule has 0 aliphatic heterocycles. The normalized spacial score (nSPS) is 11.6. The molecule has 10 rings (SSSR count). The lowest BCUT2D eigenvalue weighted by atomic mass is 9.95. The van der Waals surface area contributed by atoms with E-state index in [0.717, 1.165) is 71.9 Å². The van der Waals surface area contributed by atoms with E-state index in [1.165, 1.54) is 21.5 Å². The molecular weight excluding hydrogens is 609 g/mol. The van der Waals surface area contributed by atoms with Crippen LogP contribution in [0.5, 0.6) is 0 Å². The summed E-state index contributed by atoms with van der Waals surface area (Å²) in [5.74, 6) is 0.708. The molecule has 0 amide bonds. The second-order valence-electron chi connectivity index (χ2n) is 12.7. The van der Waals surface area contributed by atoms with Gasteiger partial charge in [0.1, 0.15) is 0 Å². The first-order chi connectivity index (χ1) is 24.8. The van der Waals surface area contributed by atoms with Crippen molar-refractivity contribution < 1.29 is 0 Å². The largest absolute Gasteiger partial charge is 0.244 e. The van der Waals surface area contributed by atoms with Crippen LogP contribution in [0.15, 0.2) is 170 Å². The highest BCUT2D eigenvalue weighted by molar-refractivity contribution is 6.26. The van der Waals surface area contributed by atoms with Crippen LogP contribution in [-0.4, -0.2) is 19.9 Å². The Morgan fingerprint density at radius 1 is 0.320 bits per heavy atom. The monoisotopic (exact) mass is 636 g/mol. The average Bonchev–Trinajstić information content (AvgIpc) is 3.20. The van der Waals surface area contributed by atoms with Crippen LogP contribution in [0, 0.1) is 0 Å². The first-order valence-electron chi connectivity index (χ1n) is 16.8. The van der Waals surface area contributed by atoms with Gasteiger partial charge in [-0.05, 0) is 62.3 Å². The lowest BCUT2D eigenvalue weighted by Gasteiger charge is -2.12. The molecule has 0 unspecified atom stereocenters. The lowest BCUT2D eigenvalue weighted by molar-refractivity contribution is 1.23. The minimum atomic E-state index is 0.708. The van der Waals surface area contributed by atoms with Gasteiger partial charge in [-0.3, -0.25) is 0 Å². The fourth-order valence-corrected chi connectivity index (χ4v) is 7.18. The number of nitrogens with zero attached hydrogens (tertiary/aromatic N) is 4. The van der Waals surface area contributed by atoms with Crippen LogP contribution in [0.25, 0.3) is 99.3 Å². The predicted molar refractivity (Wildman–Crippen MR) is 207 cm³/mol.